The first-order valence-corrected chi connectivity index (χ1v) is 13.6. The van der Waals surface area contributed by atoms with Crippen molar-refractivity contribution in [3.8, 4) is 11.5 Å². The molecule has 1 saturated heterocycles. The average molecular weight is 497 g/mol. The molecule has 3 N–H and O–H groups in total. The van der Waals surface area contributed by atoms with Crippen LogP contribution in [0.1, 0.15) is 62.5 Å². The number of benzene rings is 1. The molecule has 8 nitrogen and oxygen atoms in total. The number of fused-ring (bicyclic) bond motifs is 2. The minimum atomic E-state index is -0.963. The van der Waals surface area contributed by atoms with Gasteiger partial charge in [0.2, 0.25) is 5.91 Å². The Morgan fingerprint density at radius 3 is 2.81 bits per heavy atom. The van der Waals surface area contributed by atoms with Gasteiger partial charge in [-0.3, -0.25) is 14.5 Å². The predicted octanol–water partition coefficient (Wildman–Crippen LogP) is 2.60. The summed E-state index contributed by atoms with van der Waals surface area (Å²) in [6.45, 7) is 2.67. The number of carboxylic acid groups (broad SMARTS) is 1. The van der Waals surface area contributed by atoms with Crippen molar-refractivity contribution in [1.29, 1.82) is 0 Å². The molecule has 8 rings (SSSR count). The predicted molar refractivity (Wildman–Crippen MR) is 130 cm³/mol. The second-order valence-corrected chi connectivity index (χ2v) is 12.2. The van der Waals surface area contributed by atoms with Crippen LogP contribution in [0, 0.1) is 17.3 Å². The highest BCUT2D eigenvalue weighted by Gasteiger charge is 2.80. The number of carboxylic acids is 1. The van der Waals surface area contributed by atoms with Crippen molar-refractivity contribution in [2.45, 2.75) is 80.9 Å². The third-order valence-corrected chi connectivity index (χ3v) is 10.9. The molecule has 5 aliphatic carbocycles. The fourth-order valence-electron chi connectivity index (χ4n) is 9.33. The summed E-state index contributed by atoms with van der Waals surface area (Å²) < 4.78 is 13.2. The maximum Gasteiger partial charge on any atom is 0.303 e. The molecule has 0 radical (unpaired) electrons. The number of nitrogens with one attached hydrogen (secondary N) is 1. The number of rotatable bonds is 8. The minimum absolute atomic E-state index is 0.00753. The summed E-state index contributed by atoms with van der Waals surface area (Å²) in [5.74, 6) is 0.560. The lowest BCUT2D eigenvalue weighted by molar-refractivity contribution is -0.276. The highest BCUT2D eigenvalue weighted by Crippen LogP contribution is 2.76. The Morgan fingerprint density at radius 2 is 2.06 bits per heavy atom. The van der Waals surface area contributed by atoms with E-state index in [0.717, 1.165) is 44.6 Å². The van der Waals surface area contributed by atoms with Gasteiger partial charge in [0.15, 0.2) is 11.5 Å². The Labute approximate surface area is 211 Å². The number of hydrogen-bond donors (Lipinski definition) is 3. The Balaban J connectivity index is 1.30. The minimum Gasteiger partial charge on any atom is -0.504 e. The lowest BCUT2D eigenvalue weighted by Crippen LogP contribution is -2.81. The Bertz CT molecular complexity index is 1140. The standard InChI is InChI=1S/C28H36N2O6/c1-35-28-9-8-26(13-18(28)14-29-21(32)6-7-22(33)34)20-12-17-4-5-19(31)24-23(17)27(26,25(28)36-24)10-11-30(20)15-16-2-3-16/h4-5,16,18,20,25,31H,2-3,6-15H2,1H3,(H,29,32)(H,33,34)/t18-,20-,25-,26-,27+,28?/m1/s1. The zero-order chi connectivity index (χ0) is 24.9. The van der Waals surface area contributed by atoms with Crippen molar-refractivity contribution in [2.75, 3.05) is 26.7 Å². The van der Waals surface area contributed by atoms with Gasteiger partial charge < -0.3 is 25.0 Å². The maximum absolute atomic E-state index is 12.5. The number of phenolic OH excluding ortho intramolecular Hbond substituents is 1. The third kappa shape index (κ3) is 2.77. The van der Waals surface area contributed by atoms with Gasteiger partial charge in [-0.15, -0.1) is 0 Å². The van der Waals surface area contributed by atoms with Crippen LogP contribution in [0.25, 0.3) is 0 Å². The van der Waals surface area contributed by atoms with Crippen LogP contribution < -0.4 is 10.1 Å². The molecule has 6 atom stereocenters. The molecule has 2 spiro atoms. The van der Waals surface area contributed by atoms with Gasteiger partial charge in [0.25, 0.3) is 0 Å². The molecule has 194 valence electrons. The van der Waals surface area contributed by atoms with Gasteiger partial charge in [0, 0.05) is 55.0 Å². The lowest BCUT2D eigenvalue weighted by Gasteiger charge is -2.74. The summed E-state index contributed by atoms with van der Waals surface area (Å²) >= 11 is 0. The van der Waals surface area contributed by atoms with Gasteiger partial charge in [-0.2, -0.15) is 0 Å². The first-order chi connectivity index (χ1) is 17.3. The Hall–Kier alpha value is -2.32. The van der Waals surface area contributed by atoms with Gasteiger partial charge in [0.05, 0.1) is 6.42 Å². The highest BCUT2D eigenvalue weighted by atomic mass is 16.6. The lowest BCUT2D eigenvalue weighted by atomic mass is 9.35. The quantitative estimate of drug-likeness (QED) is 0.508. The van der Waals surface area contributed by atoms with Crippen molar-refractivity contribution < 1.29 is 29.3 Å². The van der Waals surface area contributed by atoms with Gasteiger partial charge in [-0.05, 0) is 69.0 Å². The summed E-state index contributed by atoms with van der Waals surface area (Å²) in [5, 5.41) is 22.9. The van der Waals surface area contributed by atoms with Crippen molar-refractivity contribution in [3.05, 3.63) is 23.3 Å². The molecule has 1 amide bonds. The molecule has 1 aromatic rings. The highest BCUT2D eigenvalue weighted by molar-refractivity contribution is 5.80. The van der Waals surface area contributed by atoms with E-state index in [1.54, 1.807) is 13.2 Å². The number of hydrogen-bond acceptors (Lipinski definition) is 6. The first kappa shape index (κ1) is 22.8. The van der Waals surface area contributed by atoms with Crippen molar-refractivity contribution >= 4 is 11.9 Å². The van der Waals surface area contributed by atoms with Crippen LogP contribution in [0.2, 0.25) is 0 Å². The summed E-state index contributed by atoms with van der Waals surface area (Å²) in [5.41, 5.74) is 1.81. The molecule has 8 heteroatoms. The molecule has 4 saturated carbocycles. The summed E-state index contributed by atoms with van der Waals surface area (Å²) in [4.78, 5) is 26.2. The average Bonchev–Trinajstić information content (AvgIpc) is 3.61. The van der Waals surface area contributed by atoms with E-state index in [0.29, 0.717) is 18.3 Å². The Kier molecular flexibility index (Phi) is 4.82. The number of aliphatic carboxylic acids is 1. The number of aromatic hydroxyl groups is 1. The summed E-state index contributed by atoms with van der Waals surface area (Å²) in [6.07, 6.45) is 7.13. The van der Waals surface area contributed by atoms with Crippen LogP contribution in [-0.2, 0) is 26.2 Å². The molecule has 4 bridgehead atoms. The fourth-order valence-corrected chi connectivity index (χ4v) is 9.33. The Morgan fingerprint density at radius 1 is 1.22 bits per heavy atom. The molecular weight excluding hydrogens is 460 g/mol. The van der Waals surface area contributed by atoms with E-state index in [1.165, 1.54) is 30.5 Å². The molecule has 1 aromatic carbocycles. The fraction of sp³-hybridized carbons (Fsp3) is 0.714. The van der Waals surface area contributed by atoms with E-state index < -0.39 is 11.6 Å². The summed E-state index contributed by atoms with van der Waals surface area (Å²) in [6, 6.07) is 4.33. The number of ether oxygens (including phenoxy) is 2. The van der Waals surface area contributed by atoms with Crippen LogP contribution >= 0.6 is 0 Å². The van der Waals surface area contributed by atoms with Crippen LogP contribution in [-0.4, -0.2) is 71.5 Å². The number of methoxy groups -OCH3 is 1. The SMILES string of the molecule is COC12CC[C@@]3(C[C@@H]1CNC(=O)CCC(=O)O)[C@H]1Cc4ccc(O)c5c4[C@@]3(CCN1CC1CC1)[C@H]2O5. The number of carbonyl (C=O) groups is 2. The van der Waals surface area contributed by atoms with Crippen molar-refractivity contribution in [3.63, 3.8) is 0 Å². The zero-order valence-electron chi connectivity index (χ0n) is 20.9. The number of piperidine rings is 1. The first-order valence-electron chi connectivity index (χ1n) is 13.6. The van der Waals surface area contributed by atoms with Gasteiger partial charge in [-0.1, -0.05) is 6.07 Å². The van der Waals surface area contributed by atoms with Gasteiger partial charge in [0.1, 0.15) is 11.7 Å². The van der Waals surface area contributed by atoms with E-state index in [2.05, 4.69) is 16.3 Å². The molecule has 2 heterocycles. The van der Waals surface area contributed by atoms with Crippen LogP contribution in [0.5, 0.6) is 11.5 Å². The maximum atomic E-state index is 12.5. The van der Waals surface area contributed by atoms with Crippen LogP contribution in [0.3, 0.4) is 0 Å². The molecule has 2 aliphatic heterocycles. The number of nitrogens with zero attached hydrogens (tertiary/aromatic N) is 1. The van der Waals surface area contributed by atoms with E-state index in [1.807, 2.05) is 0 Å². The smallest absolute Gasteiger partial charge is 0.303 e. The normalized spacial score (nSPS) is 39.4. The largest absolute Gasteiger partial charge is 0.504 e. The van der Waals surface area contributed by atoms with Crippen LogP contribution in [0.4, 0.5) is 0 Å². The molecule has 0 aromatic heterocycles. The second-order valence-electron chi connectivity index (χ2n) is 12.2. The number of phenols is 1. The zero-order valence-corrected chi connectivity index (χ0v) is 20.9. The molecule has 5 fully saturated rings. The third-order valence-electron chi connectivity index (χ3n) is 10.9. The van der Waals surface area contributed by atoms with E-state index in [-0.39, 0.29) is 47.4 Å². The van der Waals surface area contributed by atoms with Gasteiger partial charge >= 0.3 is 5.97 Å². The molecular formula is C28H36N2O6. The van der Waals surface area contributed by atoms with Crippen molar-refractivity contribution in [2.24, 2.45) is 17.3 Å². The molecule has 1 unspecified atom stereocenters. The number of amides is 1. The van der Waals surface area contributed by atoms with E-state index >= 15 is 0 Å². The molecule has 36 heavy (non-hydrogen) atoms. The monoisotopic (exact) mass is 496 g/mol. The topological polar surface area (TPSA) is 108 Å². The summed E-state index contributed by atoms with van der Waals surface area (Å²) in [7, 11) is 1.77. The van der Waals surface area contributed by atoms with E-state index in [9.17, 15) is 14.7 Å². The number of likely N-dealkylation sites (tertiary alicyclic amines) is 1. The second kappa shape index (κ2) is 7.60. The number of carbonyl (C=O) groups excluding carboxylic acids is 1. The molecule has 7 aliphatic rings. The van der Waals surface area contributed by atoms with Gasteiger partial charge in [-0.25, -0.2) is 0 Å². The van der Waals surface area contributed by atoms with E-state index in [4.69, 9.17) is 14.6 Å². The van der Waals surface area contributed by atoms with Crippen molar-refractivity contribution in [1.82, 2.24) is 10.2 Å². The van der Waals surface area contributed by atoms with Crippen LogP contribution in [0.15, 0.2) is 12.1 Å².